The van der Waals surface area contributed by atoms with Crippen molar-refractivity contribution in [3.05, 3.63) is 74.9 Å². The first-order valence-corrected chi connectivity index (χ1v) is 8.91. The average molecular weight is 371 g/mol. The molecule has 7 heteroatoms. The summed E-state index contributed by atoms with van der Waals surface area (Å²) >= 11 is 0. The van der Waals surface area contributed by atoms with Crippen molar-refractivity contribution in [3.8, 4) is 11.3 Å². The topological polar surface area (TPSA) is 74.2 Å². The molecular weight excluding hydrogens is 354 g/mol. The maximum atomic E-state index is 13.2. The van der Waals surface area contributed by atoms with Gasteiger partial charge in [-0.15, -0.1) is 10.2 Å². The van der Waals surface area contributed by atoms with E-state index < -0.39 is 5.69 Å². The van der Waals surface area contributed by atoms with Crippen molar-refractivity contribution in [2.45, 2.75) is 6.92 Å². The van der Waals surface area contributed by atoms with Gasteiger partial charge in [0, 0.05) is 14.1 Å². The van der Waals surface area contributed by atoms with E-state index in [1.54, 1.807) is 7.05 Å². The van der Waals surface area contributed by atoms with Crippen LogP contribution in [0.2, 0.25) is 0 Å². The van der Waals surface area contributed by atoms with Crippen molar-refractivity contribution in [3.63, 3.8) is 0 Å². The molecule has 28 heavy (non-hydrogen) atoms. The molecule has 0 spiro atoms. The fraction of sp³-hybridized carbons (Fsp3) is 0.143. The Kier molecular flexibility index (Phi) is 3.30. The third kappa shape index (κ3) is 2.04. The van der Waals surface area contributed by atoms with Crippen LogP contribution in [0.25, 0.3) is 38.8 Å². The average Bonchev–Trinajstić information content (AvgIpc) is 3.07. The van der Waals surface area contributed by atoms with Gasteiger partial charge in [-0.3, -0.25) is 18.3 Å². The molecule has 0 bridgehead atoms. The Morgan fingerprint density at radius 1 is 0.857 bits per heavy atom. The quantitative estimate of drug-likeness (QED) is 0.454. The highest BCUT2D eigenvalue weighted by molar-refractivity contribution is 6.05. The molecule has 0 saturated carbocycles. The molecule has 0 amide bonds. The Balaban J connectivity index is 2.17. The smallest absolute Gasteiger partial charge is 0.293 e. The fourth-order valence-electron chi connectivity index (χ4n) is 3.79. The molecule has 3 heterocycles. The van der Waals surface area contributed by atoms with E-state index in [0.717, 1.165) is 21.2 Å². The summed E-state index contributed by atoms with van der Waals surface area (Å²) in [5, 5.41) is 9.14. The van der Waals surface area contributed by atoms with Gasteiger partial charge in [-0.1, -0.05) is 42.0 Å². The highest BCUT2D eigenvalue weighted by atomic mass is 16.2. The van der Waals surface area contributed by atoms with Gasteiger partial charge in [0.1, 0.15) is 11.0 Å². The molecule has 2 aromatic carbocycles. The van der Waals surface area contributed by atoms with Crippen molar-refractivity contribution < 1.29 is 0 Å². The third-order valence-corrected chi connectivity index (χ3v) is 5.25. The lowest BCUT2D eigenvalue weighted by Crippen LogP contribution is -2.36. The minimum Gasteiger partial charge on any atom is -0.293 e. The van der Waals surface area contributed by atoms with Crippen LogP contribution in [0.3, 0.4) is 0 Å². The summed E-state index contributed by atoms with van der Waals surface area (Å²) in [6.07, 6.45) is 0. The maximum absolute atomic E-state index is 13.2. The van der Waals surface area contributed by atoms with Crippen molar-refractivity contribution >= 4 is 27.6 Å². The SMILES string of the molecule is Cc1ccc(-c2c3c(=O)n(C)c(=O)n(C)c3c3nnc4ccccc4n23)cc1. The number of aromatic nitrogens is 5. The zero-order valence-electron chi connectivity index (χ0n) is 15.7. The molecule has 5 aromatic rings. The van der Waals surface area contributed by atoms with E-state index in [-0.39, 0.29) is 5.56 Å². The lowest BCUT2D eigenvalue weighted by Gasteiger charge is -2.07. The van der Waals surface area contributed by atoms with Gasteiger partial charge in [0.05, 0.1) is 16.6 Å². The highest BCUT2D eigenvalue weighted by Gasteiger charge is 2.23. The highest BCUT2D eigenvalue weighted by Crippen LogP contribution is 2.32. The van der Waals surface area contributed by atoms with E-state index in [2.05, 4.69) is 10.2 Å². The Morgan fingerprint density at radius 3 is 2.32 bits per heavy atom. The van der Waals surface area contributed by atoms with Crippen molar-refractivity contribution in [1.29, 1.82) is 0 Å². The minimum atomic E-state index is -0.393. The molecule has 0 N–H and O–H groups in total. The molecule has 0 unspecified atom stereocenters. The Hall–Kier alpha value is -3.74. The van der Waals surface area contributed by atoms with E-state index in [0.29, 0.717) is 27.8 Å². The minimum absolute atomic E-state index is 0.344. The van der Waals surface area contributed by atoms with Gasteiger partial charge < -0.3 is 0 Å². The number of rotatable bonds is 1. The molecule has 0 radical (unpaired) electrons. The molecule has 0 aliphatic carbocycles. The van der Waals surface area contributed by atoms with Crippen LogP contribution in [0, 0.1) is 6.92 Å². The fourth-order valence-corrected chi connectivity index (χ4v) is 3.79. The second-order valence-electron chi connectivity index (χ2n) is 6.99. The number of hydrogen-bond donors (Lipinski definition) is 0. The summed E-state index contributed by atoms with van der Waals surface area (Å²) in [6.45, 7) is 2.02. The molecular formula is C21H17N5O2. The summed E-state index contributed by atoms with van der Waals surface area (Å²) < 4.78 is 4.53. The normalized spacial score (nSPS) is 11.7. The molecule has 0 aliphatic heterocycles. The number of para-hydroxylation sites is 1. The van der Waals surface area contributed by atoms with Crippen LogP contribution in [0.5, 0.6) is 0 Å². The van der Waals surface area contributed by atoms with E-state index in [1.165, 1.54) is 11.6 Å². The maximum Gasteiger partial charge on any atom is 0.331 e. The molecule has 0 atom stereocenters. The van der Waals surface area contributed by atoms with Crippen LogP contribution in [0.1, 0.15) is 5.56 Å². The zero-order chi connectivity index (χ0) is 19.6. The van der Waals surface area contributed by atoms with Crippen molar-refractivity contribution in [2.75, 3.05) is 0 Å². The van der Waals surface area contributed by atoms with E-state index in [4.69, 9.17) is 0 Å². The summed E-state index contributed by atoms with van der Waals surface area (Å²) in [4.78, 5) is 25.7. The first-order valence-electron chi connectivity index (χ1n) is 8.91. The van der Waals surface area contributed by atoms with Gasteiger partial charge in [0.2, 0.25) is 0 Å². The van der Waals surface area contributed by atoms with Crippen LogP contribution in [-0.4, -0.2) is 23.7 Å². The monoisotopic (exact) mass is 371 g/mol. The standard InChI is InChI=1S/C21H17N5O2/c1-12-8-10-13(11-9-12)17-16-18(24(2)21(28)25(3)20(16)27)19-23-22-14-6-4-5-7-15(14)26(17)19/h4-11H,1-3H3. The van der Waals surface area contributed by atoms with E-state index >= 15 is 0 Å². The molecule has 0 fully saturated rings. The van der Waals surface area contributed by atoms with Crippen molar-refractivity contribution in [1.82, 2.24) is 23.7 Å². The zero-order valence-corrected chi connectivity index (χ0v) is 15.7. The van der Waals surface area contributed by atoms with Gasteiger partial charge in [-0.25, -0.2) is 4.79 Å². The molecule has 138 valence electrons. The number of benzene rings is 2. The molecule has 3 aromatic heterocycles. The van der Waals surface area contributed by atoms with E-state index in [9.17, 15) is 9.59 Å². The molecule has 0 saturated heterocycles. The summed E-state index contributed by atoms with van der Waals surface area (Å²) in [5.74, 6) is 0. The van der Waals surface area contributed by atoms with Gasteiger partial charge in [-0.05, 0) is 24.6 Å². The first kappa shape index (κ1) is 16.4. The van der Waals surface area contributed by atoms with E-state index in [1.807, 2.05) is 59.9 Å². The molecule has 5 rings (SSSR count). The Labute approximate surface area is 159 Å². The predicted octanol–water partition coefficient (Wildman–Crippen LogP) is 2.41. The summed E-state index contributed by atoms with van der Waals surface area (Å²) in [5.41, 5.74) is 4.50. The van der Waals surface area contributed by atoms with Crippen LogP contribution in [-0.2, 0) is 14.1 Å². The number of fused-ring (bicyclic) bond motifs is 5. The van der Waals surface area contributed by atoms with Gasteiger partial charge >= 0.3 is 5.69 Å². The van der Waals surface area contributed by atoms with Crippen LogP contribution in [0.15, 0.2) is 58.1 Å². The lowest BCUT2D eigenvalue weighted by molar-refractivity contribution is 0.715. The summed E-state index contributed by atoms with van der Waals surface area (Å²) in [6, 6.07) is 15.6. The summed E-state index contributed by atoms with van der Waals surface area (Å²) in [7, 11) is 3.15. The Bertz CT molecular complexity index is 1520. The molecule has 7 nitrogen and oxygen atoms in total. The third-order valence-electron chi connectivity index (χ3n) is 5.25. The van der Waals surface area contributed by atoms with Gasteiger partial charge in [-0.2, -0.15) is 0 Å². The second-order valence-corrected chi connectivity index (χ2v) is 6.99. The van der Waals surface area contributed by atoms with Gasteiger partial charge in [0.25, 0.3) is 5.56 Å². The Morgan fingerprint density at radius 2 is 1.57 bits per heavy atom. The lowest BCUT2D eigenvalue weighted by atomic mass is 10.1. The first-order chi connectivity index (χ1) is 13.5. The number of aryl methyl sites for hydroxylation is 2. The number of hydrogen-bond acceptors (Lipinski definition) is 4. The van der Waals surface area contributed by atoms with Crippen LogP contribution < -0.4 is 11.2 Å². The molecule has 0 aliphatic rings. The van der Waals surface area contributed by atoms with Gasteiger partial charge in [0.15, 0.2) is 5.65 Å². The number of nitrogens with zero attached hydrogens (tertiary/aromatic N) is 5. The second kappa shape index (κ2) is 5.63. The van der Waals surface area contributed by atoms with Crippen LogP contribution >= 0.6 is 0 Å². The van der Waals surface area contributed by atoms with Crippen LogP contribution in [0.4, 0.5) is 0 Å². The van der Waals surface area contributed by atoms with Crippen molar-refractivity contribution in [2.24, 2.45) is 14.1 Å². The largest absolute Gasteiger partial charge is 0.331 e. The predicted molar refractivity (Wildman–Crippen MR) is 109 cm³/mol.